The molecule has 1 N–H and O–H groups in total. The number of benzene rings is 2. The van der Waals surface area contributed by atoms with Crippen molar-refractivity contribution in [2.45, 2.75) is 51.5 Å². The van der Waals surface area contributed by atoms with Crippen LogP contribution in [0, 0.1) is 0 Å². The summed E-state index contributed by atoms with van der Waals surface area (Å²) in [6.45, 7) is 6.70. The molecule has 0 bridgehead atoms. The van der Waals surface area contributed by atoms with Gasteiger partial charge in [-0.3, -0.25) is 0 Å². The van der Waals surface area contributed by atoms with Gasteiger partial charge in [0.25, 0.3) is 0 Å². The van der Waals surface area contributed by atoms with Crippen molar-refractivity contribution in [2.24, 2.45) is 0 Å². The first-order chi connectivity index (χ1) is 12.9. The lowest BCUT2D eigenvalue weighted by molar-refractivity contribution is 0.0494. The number of hydrogen-bond donors (Lipinski definition) is 1. The summed E-state index contributed by atoms with van der Waals surface area (Å²) in [6.07, 6.45) is 0.208. The predicted octanol–water partition coefficient (Wildman–Crippen LogP) is 4.10. The number of hydrogen-bond acceptors (Lipinski definition) is 4. The van der Waals surface area contributed by atoms with E-state index in [-0.39, 0.29) is 12.1 Å². The van der Waals surface area contributed by atoms with E-state index in [9.17, 15) is 4.79 Å². The smallest absolute Gasteiger partial charge is 0.407 e. The molecule has 0 radical (unpaired) electrons. The maximum Gasteiger partial charge on any atom is 0.407 e. The zero-order chi connectivity index (χ0) is 19.3. The Morgan fingerprint density at radius 1 is 1.15 bits per heavy atom. The molecule has 0 aliphatic carbocycles. The monoisotopic (exact) mass is 369 g/mol. The third kappa shape index (κ3) is 6.29. The van der Waals surface area contributed by atoms with E-state index in [0.29, 0.717) is 19.6 Å². The highest BCUT2D eigenvalue weighted by atomic mass is 16.6. The van der Waals surface area contributed by atoms with Crippen LogP contribution in [0.15, 0.2) is 54.6 Å². The molecule has 0 aromatic heterocycles. The minimum Gasteiger partial charge on any atom is -0.489 e. The van der Waals surface area contributed by atoms with Gasteiger partial charge < -0.3 is 19.5 Å². The molecule has 1 aliphatic heterocycles. The molecule has 5 nitrogen and oxygen atoms in total. The number of rotatable bonds is 7. The van der Waals surface area contributed by atoms with Gasteiger partial charge in [-0.2, -0.15) is 0 Å². The standard InChI is InChI=1S/C22H27NO4/c1-22(2,3)27-21(24)23-18(20-15-26-20)13-17-11-7-8-12-19(17)25-14-16-9-5-4-6-10-16/h4-12,18,20H,13-15H2,1-3H3,(H,23,24)/t18-,20+/m0/s1. The third-order valence-corrected chi connectivity index (χ3v) is 4.16. The summed E-state index contributed by atoms with van der Waals surface area (Å²) >= 11 is 0. The molecule has 3 rings (SSSR count). The van der Waals surface area contributed by atoms with E-state index in [1.54, 1.807) is 0 Å². The predicted molar refractivity (Wildman–Crippen MR) is 104 cm³/mol. The normalized spacial score (nSPS) is 17.1. The Labute approximate surface area is 160 Å². The van der Waals surface area contributed by atoms with Crippen LogP contribution in [0.4, 0.5) is 4.79 Å². The topological polar surface area (TPSA) is 60.1 Å². The van der Waals surface area contributed by atoms with Crippen molar-refractivity contribution in [3.05, 3.63) is 65.7 Å². The summed E-state index contributed by atoms with van der Waals surface area (Å²) in [5, 5.41) is 2.94. The molecular formula is C22H27NO4. The van der Waals surface area contributed by atoms with Crippen molar-refractivity contribution in [1.29, 1.82) is 0 Å². The third-order valence-electron chi connectivity index (χ3n) is 4.16. The highest BCUT2D eigenvalue weighted by molar-refractivity contribution is 5.68. The Kier molecular flexibility index (Phi) is 6.01. The molecule has 1 fully saturated rings. The number of para-hydroxylation sites is 1. The summed E-state index contributed by atoms with van der Waals surface area (Å²) in [6, 6.07) is 17.8. The van der Waals surface area contributed by atoms with Gasteiger partial charge in [0.1, 0.15) is 24.1 Å². The second-order valence-electron chi connectivity index (χ2n) is 7.71. The van der Waals surface area contributed by atoms with E-state index in [1.165, 1.54) is 0 Å². The molecule has 1 aliphatic rings. The van der Waals surface area contributed by atoms with Gasteiger partial charge in [0.2, 0.25) is 0 Å². The number of epoxide rings is 1. The molecule has 0 saturated carbocycles. The van der Waals surface area contributed by atoms with Gasteiger partial charge >= 0.3 is 6.09 Å². The van der Waals surface area contributed by atoms with E-state index < -0.39 is 11.7 Å². The zero-order valence-electron chi connectivity index (χ0n) is 16.1. The summed E-state index contributed by atoms with van der Waals surface area (Å²) in [5.74, 6) is 0.818. The van der Waals surface area contributed by atoms with Crippen molar-refractivity contribution < 1.29 is 19.0 Å². The molecule has 1 saturated heterocycles. The van der Waals surface area contributed by atoms with Gasteiger partial charge in [0, 0.05) is 0 Å². The first kappa shape index (κ1) is 19.2. The molecule has 0 spiro atoms. The van der Waals surface area contributed by atoms with Crippen LogP contribution in [0.25, 0.3) is 0 Å². The quantitative estimate of drug-likeness (QED) is 0.747. The number of nitrogens with one attached hydrogen (secondary N) is 1. The first-order valence-electron chi connectivity index (χ1n) is 9.26. The van der Waals surface area contributed by atoms with Gasteiger partial charge in [0.05, 0.1) is 12.6 Å². The number of ether oxygens (including phenoxy) is 3. The fourth-order valence-corrected chi connectivity index (χ4v) is 2.81. The molecule has 2 atom stereocenters. The Hall–Kier alpha value is -2.53. The van der Waals surface area contributed by atoms with Crippen molar-refractivity contribution in [2.75, 3.05) is 6.61 Å². The number of carbonyl (C=O) groups excluding carboxylic acids is 1. The van der Waals surface area contributed by atoms with Crippen LogP contribution in [-0.4, -0.2) is 30.4 Å². The summed E-state index contributed by atoms with van der Waals surface area (Å²) in [7, 11) is 0. The molecule has 27 heavy (non-hydrogen) atoms. The van der Waals surface area contributed by atoms with Crippen LogP contribution in [0.2, 0.25) is 0 Å². The summed E-state index contributed by atoms with van der Waals surface area (Å²) < 4.78 is 16.8. The molecule has 5 heteroatoms. The molecule has 144 valence electrons. The maximum atomic E-state index is 12.2. The van der Waals surface area contributed by atoms with Crippen LogP contribution < -0.4 is 10.1 Å². The Bertz CT molecular complexity index is 750. The molecular weight excluding hydrogens is 342 g/mol. The lowest BCUT2D eigenvalue weighted by Gasteiger charge is -2.23. The van der Waals surface area contributed by atoms with Crippen LogP contribution in [0.1, 0.15) is 31.9 Å². The molecule has 0 unspecified atom stereocenters. The molecule has 2 aromatic carbocycles. The summed E-state index contributed by atoms with van der Waals surface area (Å²) in [5.41, 5.74) is 1.61. The van der Waals surface area contributed by atoms with E-state index >= 15 is 0 Å². The lowest BCUT2D eigenvalue weighted by atomic mass is 10.0. The highest BCUT2D eigenvalue weighted by Crippen LogP contribution is 2.25. The van der Waals surface area contributed by atoms with Gasteiger partial charge in [-0.25, -0.2) is 4.79 Å². The van der Waals surface area contributed by atoms with Crippen LogP contribution >= 0.6 is 0 Å². The average molecular weight is 369 g/mol. The SMILES string of the molecule is CC(C)(C)OC(=O)N[C@@H](Cc1ccccc1OCc1ccccc1)[C@H]1CO1. The van der Waals surface area contributed by atoms with E-state index in [0.717, 1.165) is 16.9 Å². The van der Waals surface area contributed by atoms with Crippen LogP contribution in [0.3, 0.4) is 0 Å². The minimum atomic E-state index is -0.532. The molecule has 1 amide bonds. The van der Waals surface area contributed by atoms with Gasteiger partial charge in [-0.05, 0) is 44.4 Å². The van der Waals surface area contributed by atoms with Crippen molar-refractivity contribution in [3.8, 4) is 5.75 Å². The average Bonchev–Trinajstić information content (AvgIpc) is 3.45. The van der Waals surface area contributed by atoms with Gasteiger partial charge in [0.15, 0.2) is 0 Å². The largest absolute Gasteiger partial charge is 0.489 e. The van der Waals surface area contributed by atoms with E-state index in [1.807, 2.05) is 75.4 Å². The van der Waals surface area contributed by atoms with E-state index in [2.05, 4.69) is 5.32 Å². The fraction of sp³-hybridized carbons (Fsp3) is 0.409. The van der Waals surface area contributed by atoms with Crippen molar-refractivity contribution in [1.82, 2.24) is 5.32 Å². The Balaban J connectivity index is 1.65. The fourth-order valence-electron chi connectivity index (χ4n) is 2.81. The maximum absolute atomic E-state index is 12.2. The molecule has 2 aromatic rings. The van der Waals surface area contributed by atoms with Gasteiger partial charge in [-0.15, -0.1) is 0 Å². The highest BCUT2D eigenvalue weighted by Gasteiger charge is 2.35. The van der Waals surface area contributed by atoms with Crippen LogP contribution in [0.5, 0.6) is 5.75 Å². The van der Waals surface area contributed by atoms with E-state index in [4.69, 9.17) is 14.2 Å². The molecule has 1 heterocycles. The van der Waals surface area contributed by atoms with Gasteiger partial charge in [-0.1, -0.05) is 48.5 Å². The Morgan fingerprint density at radius 2 is 1.81 bits per heavy atom. The number of alkyl carbamates (subject to hydrolysis) is 1. The summed E-state index contributed by atoms with van der Waals surface area (Å²) in [4.78, 5) is 12.2. The minimum absolute atomic E-state index is 0.0136. The number of carbonyl (C=O) groups is 1. The van der Waals surface area contributed by atoms with Crippen molar-refractivity contribution in [3.63, 3.8) is 0 Å². The zero-order valence-corrected chi connectivity index (χ0v) is 16.1. The number of amides is 1. The first-order valence-corrected chi connectivity index (χ1v) is 9.26. The Morgan fingerprint density at radius 3 is 2.48 bits per heavy atom. The van der Waals surface area contributed by atoms with Crippen molar-refractivity contribution >= 4 is 6.09 Å². The second-order valence-corrected chi connectivity index (χ2v) is 7.71. The van der Waals surface area contributed by atoms with Crippen LogP contribution in [-0.2, 0) is 22.5 Å². The lowest BCUT2D eigenvalue weighted by Crippen LogP contribution is -2.43. The second kappa shape index (κ2) is 8.44.